The van der Waals surface area contributed by atoms with Gasteiger partial charge in [-0.05, 0) is 100 Å². The molecule has 4 aliphatic rings. The van der Waals surface area contributed by atoms with Crippen LogP contribution in [-0.4, -0.2) is 70.8 Å². The molecule has 2 fully saturated rings. The molecule has 6 nitrogen and oxygen atoms in total. The predicted octanol–water partition coefficient (Wildman–Crippen LogP) is 7.06. The number of piperidine rings is 1. The number of hydrogen-bond donors (Lipinski definition) is 1. The largest absolute Gasteiger partial charge is 0.483 e. The maximum atomic E-state index is 13.0. The fourth-order valence-corrected chi connectivity index (χ4v) is 9.80. The van der Waals surface area contributed by atoms with Gasteiger partial charge in [0.2, 0.25) is 0 Å². The third-order valence-corrected chi connectivity index (χ3v) is 11.9. The van der Waals surface area contributed by atoms with Crippen LogP contribution in [0, 0.1) is 0 Å². The van der Waals surface area contributed by atoms with Crippen molar-refractivity contribution in [3.8, 4) is 11.5 Å². The minimum atomic E-state index is -0.921. The highest BCUT2D eigenvalue weighted by Crippen LogP contribution is 2.66. The highest BCUT2D eigenvalue weighted by molar-refractivity contribution is 5.72. The third-order valence-electron chi connectivity index (χ3n) is 11.9. The number of likely N-dealkylation sites (tertiary alicyclic amines) is 1. The van der Waals surface area contributed by atoms with E-state index in [-0.39, 0.29) is 24.2 Å². The van der Waals surface area contributed by atoms with E-state index < -0.39 is 11.0 Å². The maximum Gasteiger partial charge on any atom is 0.308 e. The number of nitrogens with zero attached hydrogens (tertiary/aromatic N) is 2. The Morgan fingerprint density at radius 2 is 1.65 bits per heavy atom. The summed E-state index contributed by atoms with van der Waals surface area (Å²) in [5.74, 6) is 0.837. The molecule has 1 N–H and O–H groups in total. The van der Waals surface area contributed by atoms with Crippen molar-refractivity contribution in [2.24, 2.45) is 0 Å². The second kappa shape index (κ2) is 14.2. The highest BCUT2D eigenvalue weighted by Gasteiger charge is 2.73. The maximum absolute atomic E-state index is 13.0. The molecule has 1 saturated heterocycles. The summed E-state index contributed by atoms with van der Waals surface area (Å²) < 4.78 is 12.9. The second-order valence-electron chi connectivity index (χ2n) is 14.6. The van der Waals surface area contributed by atoms with E-state index in [4.69, 9.17) is 9.47 Å². The zero-order chi connectivity index (χ0) is 33.1. The van der Waals surface area contributed by atoms with Crippen molar-refractivity contribution in [1.82, 2.24) is 9.80 Å². The van der Waals surface area contributed by atoms with Crippen molar-refractivity contribution >= 4 is 5.97 Å². The van der Waals surface area contributed by atoms with Crippen LogP contribution in [0.5, 0.6) is 11.5 Å². The van der Waals surface area contributed by atoms with Crippen molar-refractivity contribution in [3.05, 3.63) is 108 Å². The van der Waals surface area contributed by atoms with Crippen molar-refractivity contribution in [2.45, 2.75) is 107 Å². The molecule has 254 valence electrons. The molecule has 2 bridgehead atoms. The van der Waals surface area contributed by atoms with Gasteiger partial charge < -0.3 is 14.6 Å². The van der Waals surface area contributed by atoms with E-state index >= 15 is 0 Å². The monoisotopic (exact) mass is 648 g/mol. The summed E-state index contributed by atoms with van der Waals surface area (Å²) >= 11 is 0. The van der Waals surface area contributed by atoms with Crippen LogP contribution in [0.3, 0.4) is 0 Å². The summed E-state index contributed by atoms with van der Waals surface area (Å²) in [6.45, 7) is 9.15. The molecular weight excluding hydrogens is 596 g/mol. The molecule has 2 aliphatic heterocycles. The number of carbonyl (C=O) groups is 1. The van der Waals surface area contributed by atoms with Gasteiger partial charge in [0, 0.05) is 31.1 Å². The smallest absolute Gasteiger partial charge is 0.308 e. The minimum absolute atomic E-state index is 0.00507. The lowest BCUT2D eigenvalue weighted by atomic mass is 9.48. The molecule has 48 heavy (non-hydrogen) atoms. The molecule has 6 heteroatoms. The van der Waals surface area contributed by atoms with Gasteiger partial charge in [0.1, 0.15) is 6.10 Å². The Hall–Kier alpha value is -3.45. The fourth-order valence-electron chi connectivity index (χ4n) is 9.80. The number of benzene rings is 3. The summed E-state index contributed by atoms with van der Waals surface area (Å²) in [5.41, 5.74) is 3.67. The molecule has 2 heterocycles. The number of carbonyl (C=O) groups excluding carboxylic acids is 1. The van der Waals surface area contributed by atoms with E-state index in [1.807, 2.05) is 12.1 Å². The van der Waals surface area contributed by atoms with Crippen molar-refractivity contribution < 1.29 is 19.4 Å². The SMILES string of the molecule is C=CCN1CC[C@]23c4c5ccc(OC(C)=O)c4O[C@H]2[C@@H](N(CCCCCCc2ccccc2)CCCc2ccccc2)CC[C@@]3(O)[C@H]1C5. The van der Waals surface area contributed by atoms with Crippen LogP contribution in [0.2, 0.25) is 0 Å². The Kier molecular flexibility index (Phi) is 9.77. The van der Waals surface area contributed by atoms with E-state index in [1.54, 1.807) is 0 Å². The molecule has 0 aromatic heterocycles. The normalized spacial score (nSPS) is 26.9. The van der Waals surface area contributed by atoms with Crippen LogP contribution >= 0.6 is 0 Å². The Labute approximate surface area is 286 Å². The van der Waals surface area contributed by atoms with Crippen molar-refractivity contribution in [2.75, 3.05) is 26.2 Å². The lowest BCUT2D eigenvalue weighted by molar-refractivity contribution is -0.198. The van der Waals surface area contributed by atoms with Crippen LogP contribution in [0.25, 0.3) is 0 Å². The molecule has 1 saturated carbocycles. The lowest BCUT2D eigenvalue weighted by Gasteiger charge is -2.65. The van der Waals surface area contributed by atoms with E-state index in [9.17, 15) is 9.90 Å². The van der Waals surface area contributed by atoms with E-state index in [0.717, 1.165) is 83.1 Å². The zero-order valence-electron chi connectivity index (χ0n) is 28.6. The topological polar surface area (TPSA) is 62.2 Å². The summed E-state index contributed by atoms with van der Waals surface area (Å²) in [5, 5.41) is 13.0. The number of unbranched alkanes of at least 4 members (excludes halogenated alkanes) is 3. The lowest BCUT2D eigenvalue weighted by Crippen LogP contribution is -2.78. The van der Waals surface area contributed by atoms with Gasteiger partial charge in [0.15, 0.2) is 11.5 Å². The van der Waals surface area contributed by atoms with Crippen molar-refractivity contribution in [1.29, 1.82) is 0 Å². The molecule has 3 aromatic carbocycles. The second-order valence-corrected chi connectivity index (χ2v) is 14.6. The molecule has 2 aliphatic carbocycles. The minimum Gasteiger partial charge on any atom is -0.483 e. The number of ether oxygens (including phenoxy) is 2. The van der Waals surface area contributed by atoms with Crippen LogP contribution in [0.4, 0.5) is 0 Å². The van der Waals surface area contributed by atoms with Gasteiger partial charge in [-0.3, -0.25) is 14.6 Å². The highest BCUT2D eigenvalue weighted by atomic mass is 16.6. The summed E-state index contributed by atoms with van der Waals surface area (Å²) in [4.78, 5) is 17.3. The Morgan fingerprint density at radius 3 is 2.35 bits per heavy atom. The standard InChI is InChI=1S/C42H52N2O4/c1-3-26-44-29-25-41-38-34-21-22-36(47-31(2)45)39(38)48-40(41)35(23-24-42(41,46)37(44)30-34)43(28-14-20-33-18-11-7-12-19-33)27-13-5-4-8-15-32-16-9-6-10-17-32/h3,6-7,9-12,16-19,21-22,35,37,40,46H,1,4-5,8,13-15,20,23-30H2,2H3/t35-,37+,40-,41-,42+/m0/s1. The van der Waals surface area contributed by atoms with Gasteiger partial charge in [-0.2, -0.15) is 0 Å². The summed E-state index contributed by atoms with van der Waals surface area (Å²) in [6, 6.07) is 25.8. The average molecular weight is 649 g/mol. The summed E-state index contributed by atoms with van der Waals surface area (Å²) in [6.07, 6.45) is 13.0. The van der Waals surface area contributed by atoms with E-state index in [2.05, 4.69) is 83.1 Å². The third kappa shape index (κ3) is 6.01. The van der Waals surface area contributed by atoms with Crippen LogP contribution in [0.15, 0.2) is 85.5 Å². The molecule has 5 atom stereocenters. The molecule has 7 rings (SSSR count). The molecule has 3 aromatic rings. The van der Waals surface area contributed by atoms with Crippen molar-refractivity contribution in [3.63, 3.8) is 0 Å². The van der Waals surface area contributed by atoms with Crippen LogP contribution in [0.1, 0.15) is 80.5 Å². The first-order valence-electron chi connectivity index (χ1n) is 18.4. The molecule has 0 unspecified atom stereocenters. The van der Waals surface area contributed by atoms with Gasteiger partial charge in [0.25, 0.3) is 0 Å². The summed E-state index contributed by atoms with van der Waals surface area (Å²) in [7, 11) is 0. The average Bonchev–Trinajstić information content (AvgIpc) is 3.44. The first-order valence-corrected chi connectivity index (χ1v) is 18.4. The number of aryl methyl sites for hydroxylation is 2. The van der Waals surface area contributed by atoms with Crippen LogP contribution in [-0.2, 0) is 29.5 Å². The van der Waals surface area contributed by atoms with Gasteiger partial charge in [-0.1, -0.05) is 85.6 Å². The first kappa shape index (κ1) is 33.1. The van der Waals surface area contributed by atoms with Crippen LogP contribution < -0.4 is 9.47 Å². The molecular formula is C42H52N2O4. The Balaban J connectivity index is 1.15. The number of hydrogen-bond acceptors (Lipinski definition) is 6. The Bertz CT molecular complexity index is 1580. The van der Waals surface area contributed by atoms with Gasteiger partial charge >= 0.3 is 5.97 Å². The first-order chi connectivity index (χ1) is 23.4. The number of aliphatic hydroxyl groups is 1. The number of rotatable bonds is 15. The number of esters is 1. The zero-order valence-corrected chi connectivity index (χ0v) is 28.6. The fraction of sp³-hybridized carbons (Fsp3) is 0.500. The predicted molar refractivity (Wildman–Crippen MR) is 191 cm³/mol. The Morgan fingerprint density at radius 1 is 0.958 bits per heavy atom. The van der Waals surface area contributed by atoms with Gasteiger partial charge in [-0.25, -0.2) is 0 Å². The molecule has 0 amide bonds. The molecule has 1 spiro atoms. The van der Waals surface area contributed by atoms with Gasteiger partial charge in [-0.15, -0.1) is 6.58 Å². The van der Waals surface area contributed by atoms with E-state index in [0.29, 0.717) is 11.5 Å². The van der Waals surface area contributed by atoms with E-state index in [1.165, 1.54) is 42.9 Å². The quantitative estimate of drug-likeness (QED) is 0.0825. The van der Waals surface area contributed by atoms with Gasteiger partial charge in [0.05, 0.1) is 11.0 Å². The molecule has 0 radical (unpaired) electrons.